The van der Waals surface area contributed by atoms with E-state index in [1.807, 2.05) is 0 Å². The van der Waals surface area contributed by atoms with Crippen LogP contribution in [-0.4, -0.2) is 34.5 Å². The number of likely N-dealkylation sites (N-methyl/N-ethyl adjacent to an activating group) is 1. The minimum atomic E-state index is -3.55. The summed E-state index contributed by atoms with van der Waals surface area (Å²) in [4.78, 5) is 11.5. The largest absolute Gasteiger partial charge is 0.373 e. The highest BCUT2D eigenvalue weighted by molar-refractivity contribution is 7.89. The van der Waals surface area contributed by atoms with Gasteiger partial charge in [-0.25, -0.2) is 13.1 Å². The Bertz CT molecular complexity index is 528. The van der Waals surface area contributed by atoms with E-state index in [2.05, 4.69) is 15.4 Å². The minimum absolute atomic E-state index is 0.114. The number of nitrogens with one attached hydrogen (secondary N) is 3. The summed E-state index contributed by atoms with van der Waals surface area (Å²) in [6.45, 7) is 1.65. The predicted molar refractivity (Wildman–Crippen MR) is 69.8 cm³/mol. The molecule has 1 amide bonds. The van der Waals surface area contributed by atoms with Gasteiger partial charge in [0.25, 0.3) is 0 Å². The van der Waals surface area contributed by atoms with Gasteiger partial charge in [-0.2, -0.15) is 0 Å². The number of anilines is 1. The van der Waals surface area contributed by atoms with Gasteiger partial charge in [0.15, 0.2) is 0 Å². The van der Waals surface area contributed by atoms with Crippen LogP contribution in [0.2, 0.25) is 0 Å². The highest BCUT2D eigenvalue weighted by atomic mass is 32.2. The lowest BCUT2D eigenvalue weighted by Gasteiger charge is -2.16. The summed E-state index contributed by atoms with van der Waals surface area (Å²) in [5.74, 6) is -0.216. The molecule has 18 heavy (non-hydrogen) atoms. The van der Waals surface area contributed by atoms with Gasteiger partial charge in [0.1, 0.15) is 10.9 Å². The molecule has 0 bridgehead atoms. The third kappa shape index (κ3) is 3.21. The van der Waals surface area contributed by atoms with E-state index in [1.54, 1.807) is 25.1 Å². The fraction of sp³-hybridized carbons (Fsp3) is 0.364. The zero-order valence-corrected chi connectivity index (χ0v) is 11.3. The minimum Gasteiger partial charge on any atom is -0.373 e. The zero-order valence-electron chi connectivity index (χ0n) is 10.5. The maximum atomic E-state index is 11.8. The first-order chi connectivity index (χ1) is 8.42. The lowest BCUT2D eigenvalue weighted by Crippen LogP contribution is -2.35. The summed E-state index contributed by atoms with van der Waals surface area (Å²) >= 11 is 0. The van der Waals surface area contributed by atoms with Gasteiger partial charge in [0, 0.05) is 7.05 Å². The van der Waals surface area contributed by atoms with E-state index in [0.717, 1.165) is 0 Å². The Morgan fingerprint density at radius 2 is 1.83 bits per heavy atom. The number of hydrogen-bond acceptors (Lipinski definition) is 4. The molecule has 0 aliphatic rings. The third-order valence-electron chi connectivity index (χ3n) is 2.46. The highest BCUT2D eigenvalue weighted by Crippen LogP contribution is 2.20. The van der Waals surface area contributed by atoms with Gasteiger partial charge in [-0.1, -0.05) is 12.1 Å². The smallest absolute Gasteiger partial charge is 0.242 e. The maximum absolute atomic E-state index is 11.8. The van der Waals surface area contributed by atoms with Crippen molar-refractivity contribution in [2.45, 2.75) is 17.9 Å². The van der Waals surface area contributed by atoms with Crippen molar-refractivity contribution >= 4 is 21.6 Å². The molecule has 0 radical (unpaired) electrons. The van der Waals surface area contributed by atoms with Gasteiger partial charge >= 0.3 is 0 Å². The molecule has 7 heteroatoms. The number of carbonyl (C=O) groups excluding carboxylic acids is 1. The number of para-hydroxylation sites is 1. The average molecular weight is 271 g/mol. The number of amides is 1. The Morgan fingerprint density at radius 3 is 2.39 bits per heavy atom. The summed E-state index contributed by atoms with van der Waals surface area (Å²) < 4.78 is 25.8. The Labute approximate surface area is 107 Å². The molecular formula is C11H17N3O3S. The van der Waals surface area contributed by atoms with Crippen LogP contribution in [0.3, 0.4) is 0 Å². The van der Waals surface area contributed by atoms with E-state index in [9.17, 15) is 13.2 Å². The molecule has 100 valence electrons. The summed E-state index contributed by atoms with van der Waals surface area (Å²) in [6, 6.07) is 5.89. The topological polar surface area (TPSA) is 87.3 Å². The van der Waals surface area contributed by atoms with Gasteiger partial charge in [-0.15, -0.1) is 0 Å². The third-order valence-corrected chi connectivity index (χ3v) is 3.93. The van der Waals surface area contributed by atoms with E-state index < -0.39 is 16.1 Å². The fourth-order valence-electron chi connectivity index (χ4n) is 1.45. The Kier molecular flexibility index (Phi) is 4.69. The molecule has 0 spiro atoms. The van der Waals surface area contributed by atoms with Crippen LogP contribution in [0.5, 0.6) is 0 Å². The van der Waals surface area contributed by atoms with Crippen molar-refractivity contribution in [1.82, 2.24) is 10.0 Å². The maximum Gasteiger partial charge on any atom is 0.242 e. The van der Waals surface area contributed by atoms with Crippen LogP contribution in [0.4, 0.5) is 5.69 Å². The summed E-state index contributed by atoms with van der Waals surface area (Å²) in [5, 5.41) is 5.36. The van der Waals surface area contributed by atoms with Crippen molar-refractivity contribution < 1.29 is 13.2 Å². The summed E-state index contributed by atoms with van der Waals surface area (Å²) in [6.07, 6.45) is 0. The first kappa shape index (κ1) is 14.5. The first-order valence-corrected chi connectivity index (χ1v) is 6.91. The molecule has 6 nitrogen and oxygen atoms in total. The molecule has 3 N–H and O–H groups in total. The lowest BCUT2D eigenvalue weighted by atomic mass is 10.2. The number of sulfonamides is 1. The molecule has 1 rings (SSSR count). The molecule has 0 saturated heterocycles. The quantitative estimate of drug-likeness (QED) is 0.711. The molecule has 0 aliphatic carbocycles. The van der Waals surface area contributed by atoms with Crippen LogP contribution in [0.25, 0.3) is 0 Å². The highest BCUT2D eigenvalue weighted by Gasteiger charge is 2.18. The molecule has 0 fully saturated rings. The fourth-order valence-corrected chi connectivity index (χ4v) is 2.34. The van der Waals surface area contributed by atoms with E-state index in [-0.39, 0.29) is 10.8 Å². The molecule has 0 aliphatic heterocycles. The van der Waals surface area contributed by atoms with Crippen molar-refractivity contribution in [3.63, 3.8) is 0 Å². The van der Waals surface area contributed by atoms with E-state index >= 15 is 0 Å². The van der Waals surface area contributed by atoms with Crippen molar-refractivity contribution in [3.8, 4) is 0 Å². The molecule has 1 aromatic rings. The second-order valence-corrected chi connectivity index (χ2v) is 5.54. The van der Waals surface area contributed by atoms with Gasteiger partial charge in [-0.3, -0.25) is 4.79 Å². The second-order valence-electron chi connectivity index (χ2n) is 3.68. The van der Waals surface area contributed by atoms with Crippen LogP contribution in [-0.2, 0) is 14.8 Å². The summed E-state index contributed by atoms with van der Waals surface area (Å²) in [5.41, 5.74) is 0.392. The number of carbonyl (C=O) groups is 1. The van der Waals surface area contributed by atoms with E-state index in [4.69, 9.17) is 0 Å². The standard InChI is InChI=1S/C11H17N3O3S/c1-8(11(15)12-2)14-9-6-4-5-7-10(9)18(16,17)13-3/h4-8,13-14H,1-3H3,(H,12,15). The Hall–Kier alpha value is -1.60. The van der Waals surface area contributed by atoms with Crippen LogP contribution in [0, 0.1) is 0 Å². The van der Waals surface area contributed by atoms with Crippen LogP contribution >= 0.6 is 0 Å². The van der Waals surface area contributed by atoms with Crippen molar-refractivity contribution in [3.05, 3.63) is 24.3 Å². The SMILES string of the molecule is CNC(=O)C(C)Nc1ccccc1S(=O)(=O)NC. The molecule has 1 unspecified atom stereocenters. The van der Waals surface area contributed by atoms with E-state index in [1.165, 1.54) is 20.2 Å². The molecule has 0 aromatic heterocycles. The molecule has 0 heterocycles. The monoisotopic (exact) mass is 271 g/mol. The van der Waals surface area contributed by atoms with Crippen LogP contribution in [0.1, 0.15) is 6.92 Å². The van der Waals surface area contributed by atoms with Crippen LogP contribution in [0.15, 0.2) is 29.2 Å². The summed E-state index contributed by atoms with van der Waals surface area (Å²) in [7, 11) is -0.685. The number of rotatable bonds is 5. The Morgan fingerprint density at radius 1 is 1.22 bits per heavy atom. The van der Waals surface area contributed by atoms with Gasteiger partial charge < -0.3 is 10.6 Å². The predicted octanol–water partition coefficient (Wildman–Crippen LogP) is 0.141. The lowest BCUT2D eigenvalue weighted by molar-refractivity contribution is -0.121. The number of hydrogen-bond donors (Lipinski definition) is 3. The van der Waals surface area contributed by atoms with Crippen molar-refractivity contribution in [2.75, 3.05) is 19.4 Å². The number of benzene rings is 1. The van der Waals surface area contributed by atoms with Crippen LogP contribution < -0.4 is 15.4 Å². The van der Waals surface area contributed by atoms with Gasteiger partial charge in [0.05, 0.1) is 5.69 Å². The van der Waals surface area contributed by atoms with Gasteiger partial charge in [-0.05, 0) is 26.1 Å². The average Bonchev–Trinajstić information content (AvgIpc) is 2.38. The molecule has 1 aromatic carbocycles. The normalized spacial score (nSPS) is 12.8. The van der Waals surface area contributed by atoms with Gasteiger partial charge in [0.2, 0.25) is 15.9 Å². The second kappa shape index (κ2) is 5.83. The molecule has 1 atom stereocenters. The molecule has 0 saturated carbocycles. The van der Waals surface area contributed by atoms with Crippen molar-refractivity contribution in [2.24, 2.45) is 0 Å². The molecular weight excluding hydrogens is 254 g/mol. The first-order valence-electron chi connectivity index (χ1n) is 5.43. The van der Waals surface area contributed by atoms with E-state index in [0.29, 0.717) is 5.69 Å². The zero-order chi connectivity index (χ0) is 13.8. The van der Waals surface area contributed by atoms with Crippen molar-refractivity contribution in [1.29, 1.82) is 0 Å². The Balaban J connectivity index is 3.08.